The van der Waals surface area contributed by atoms with Crippen LogP contribution >= 0.6 is 0 Å². The molecule has 4 rings (SSSR count). The Kier molecular flexibility index (Phi) is 18.9. The van der Waals surface area contributed by atoms with Gasteiger partial charge in [-0.05, 0) is 87.9 Å². The van der Waals surface area contributed by atoms with Gasteiger partial charge in [-0.2, -0.15) is 0 Å². The molecule has 0 aliphatic carbocycles. The van der Waals surface area contributed by atoms with E-state index in [-0.39, 0.29) is 0 Å². The topological polar surface area (TPSA) is 136 Å². The molecule has 0 saturated heterocycles. The predicted octanol–water partition coefficient (Wildman–Crippen LogP) is 4.14. The lowest BCUT2D eigenvalue weighted by atomic mass is 9.82. The van der Waals surface area contributed by atoms with E-state index in [1.807, 2.05) is 46.0 Å². The second kappa shape index (κ2) is 23.1. The minimum Gasteiger partial charge on any atom is -0.437 e. The van der Waals surface area contributed by atoms with Crippen molar-refractivity contribution >= 4 is 21.2 Å². The summed E-state index contributed by atoms with van der Waals surface area (Å²) in [5, 5.41) is 31.9. The molecule has 3 aromatic heterocycles. The molecule has 0 aliphatic heterocycles. The maximum absolute atomic E-state index is 9.90. The van der Waals surface area contributed by atoms with Crippen LogP contribution in [0.1, 0.15) is 18.9 Å². The first-order valence-electron chi connectivity index (χ1n) is 17.5. The summed E-state index contributed by atoms with van der Waals surface area (Å²) in [6.07, 6.45) is 4.58. The Bertz CT molecular complexity index is 1420. The van der Waals surface area contributed by atoms with Crippen molar-refractivity contribution in [2.75, 3.05) is 59.2 Å². The predicted molar refractivity (Wildman–Crippen MR) is 205 cm³/mol. The van der Waals surface area contributed by atoms with Crippen molar-refractivity contribution in [2.24, 2.45) is 0 Å². The number of benzene rings is 1. The summed E-state index contributed by atoms with van der Waals surface area (Å²) in [5.41, 5.74) is 6.91. The molecule has 0 fully saturated rings. The van der Waals surface area contributed by atoms with Gasteiger partial charge in [-0.3, -0.25) is 9.97 Å². The molecular weight excluding hydrogens is 629 g/mol. The highest BCUT2D eigenvalue weighted by molar-refractivity contribution is 6.46. The van der Waals surface area contributed by atoms with E-state index >= 15 is 0 Å². The SMILES string of the molecule is CCCOCCOCCN(CCN(CCNB(C)O)B(C)O)B(C)O.Cc1ccc(-c2cc(-c3ccccn3)nc(-c3ccccn3)c2)cc1. The van der Waals surface area contributed by atoms with E-state index in [0.717, 1.165) is 46.9 Å². The highest BCUT2D eigenvalue weighted by atomic mass is 16.5. The molecule has 50 heavy (non-hydrogen) atoms. The first-order chi connectivity index (χ1) is 24.2. The zero-order chi connectivity index (χ0) is 36.1. The van der Waals surface area contributed by atoms with Crippen LogP contribution in [0.15, 0.2) is 85.2 Å². The molecule has 3 heterocycles. The third-order valence-electron chi connectivity index (χ3n) is 7.88. The van der Waals surface area contributed by atoms with Gasteiger partial charge in [-0.1, -0.05) is 48.9 Å². The molecule has 0 bridgehead atoms. The van der Waals surface area contributed by atoms with Crippen LogP contribution in [0, 0.1) is 6.92 Å². The van der Waals surface area contributed by atoms with Gasteiger partial charge in [-0.15, -0.1) is 0 Å². The molecule has 0 unspecified atom stereocenters. The third kappa shape index (κ3) is 15.2. The molecule has 0 radical (unpaired) electrons. The Morgan fingerprint density at radius 2 is 1.18 bits per heavy atom. The van der Waals surface area contributed by atoms with E-state index in [0.29, 0.717) is 52.5 Å². The van der Waals surface area contributed by atoms with Crippen LogP contribution in [-0.4, -0.2) is 120 Å². The van der Waals surface area contributed by atoms with Crippen molar-refractivity contribution in [1.29, 1.82) is 0 Å². The molecule has 4 aromatic rings. The van der Waals surface area contributed by atoms with Crippen LogP contribution < -0.4 is 5.23 Å². The van der Waals surface area contributed by atoms with Crippen molar-refractivity contribution in [2.45, 2.75) is 40.7 Å². The Hall–Kier alpha value is -3.46. The van der Waals surface area contributed by atoms with Gasteiger partial charge in [0, 0.05) is 45.2 Å². The van der Waals surface area contributed by atoms with Crippen molar-refractivity contribution in [3.8, 4) is 33.9 Å². The van der Waals surface area contributed by atoms with Gasteiger partial charge in [0.15, 0.2) is 0 Å². The maximum atomic E-state index is 9.90. The van der Waals surface area contributed by atoms with Gasteiger partial charge in [0.25, 0.3) is 0 Å². The number of nitrogens with one attached hydrogen (secondary N) is 1. The quantitative estimate of drug-likeness (QED) is 0.0792. The number of rotatable bonds is 20. The molecule has 0 spiro atoms. The van der Waals surface area contributed by atoms with E-state index in [9.17, 15) is 15.1 Å². The normalized spacial score (nSPS) is 11.0. The third-order valence-corrected chi connectivity index (χ3v) is 7.88. The lowest BCUT2D eigenvalue weighted by molar-refractivity contribution is 0.0435. The molecule has 266 valence electrons. The van der Waals surface area contributed by atoms with Crippen LogP contribution in [-0.2, 0) is 9.47 Å². The second-order valence-corrected chi connectivity index (χ2v) is 12.1. The molecule has 11 nitrogen and oxygen atoms in total. The standard InChI is InChI=1S/C22H17N3.C14H36B3N3O5/c1-16-8-10-17(11-9-16)18-14-21(19-6-2-4-12-23-19)25-22(15-18)20-7-3-5-13-24-20;1-5-11-24-13-14-25-12-10-20(17(4)23)9-8-19(16(3)22)7-6-18-15(2)21/h2-15H,1H3;18,21-23H,5-14H2,1-4H3. The average Bonchev–Trinajstić information content (AvgIpc) is 3.12. The van der Waals surface area contributed by atoms with Crippen LogP contribution in [0.5, 0.6) is 0 Å². The summed E-state index contributed by atoms with van der Waals surface area (Å²) >= 11 is 0. The summed E-state index contributed by atoms with van der Waals surface area (Å²) in [6, 6.07) is 24.4. The fourth-order valence-electron chi connectivity index (χ4n) is 5.03. The summed E-state index contributed by atoms with van der Waals surface area (Å²) in [5.74, 6) is 0. The van der Waals surface area contributed by atoms with Gasteiger partial charge in [0.1, 0.15) is 0 Å². The monoisotopic (exact) mass is 682 g/mol. The van der Waals surface area contributed by atoms with Gasteiger partial charge >= 0.3 is 21.2 Å². The van der Waals surface area contributed by atoms with Gasteiger partial charge in [-0.25, -0.2) is 4.98 Å². The molecule has 0 amide bonds. The Labute approximate surface area is 299 Å². The number of ether oxygens (including phenoxy) is 2. The number of aromatic nitrogens is 3. The molecule has 4 N–H and O–H groups in total. The van der Waals surface area contributed by atoms with Crippen molar-refractivity contribution in [1.82, 2.24) is 29.8 Å². The van der Waals surface area contributed by atoms with Crippen LogP contribution in [0.2, 0.25) is 20.5 Å². The summed E-state index contributed by atoms with van der Waals surface area (Å²) in [6.45, 7) is 14.7. The first-order valence-corrected chi connectivity index (χ1v) is 17.5. The highest BCUT2D eigenvalue weighted by Crippen LogP contribution is 2.29. The van der Waals surface area contributed by atoms with E-state index in [4.69, 9.17) is 14.5 Å². The summed E-state index contributed by atoms with van der Waals surface area (Å²) in [7, 11) is -1.73. The molecule has 14 heteroatoms. The lowest BCUT2D eigenvalue weighted by Crippen LogP contribution is -2.49. The number of aryl methyl sites for hydroxylation is 1. The fraction of sp³-hybridized carbons (Fsp3) is 0.417. The van der Waals surface area contributed by atoms with Gasteiger partial charge in [0.2, 0.25) is 0 Å². The van der Waals surface area contributed by atoms with Crippen molar-refractivity contribution < 1.29 is 24.5 Å². The minimum atomic E-state index is -0.585. The number of nitrogens with zero attached hydrogens (tertiary/aromatic N) is 5. The maximum Gasteiger partial charge on any atom is 0.376 e. The van der Waals surface area contributed by atoms with Crippen LogP contribution in [0.25, 0.3) is 33.9 Å². The van der Waals surface area contributed by atoms with Crippen molar-refractivity contribution in [3.05, 3.63) is 90.8 Å². The zero-order valence-corrected chi connectivity index (χ0v) is 30.3. The van der Waals surface area contributed by atoms with E-state index in [1.54, 1.807) is 32.9 Å². The number of pyridine rings is 3. The van der Waals surface area contributed by atoms with Gasteiger partial charge in [0.05, 0.1) is 42.6 Å². The Morgan fingerprint density at radius 3 is 1.66 bits per heavy atom. The molecule has 1 aromatic carbocycles. The molecular formula is C36H53B3N6O5. The zero-order valence-electron chi connectivity index (χ0n) is 30.3. The smallest absolute Gasteiger partial charge is 0.376 e. The Balaban J connectivity index is 0.000000270. The number of hydrogen-bond acceptors (Lipinski definition) is 11. The van der Waals surface area contributed by atoms with E-state index < -0.39 is 21.2 Å². The minimum absolute atomic E-state index is 0.526. The lowest BCUT2D eigenvalue weighted by Gasteiger charge is -2.29. The Morgan fingerprint density at radius 1 is 0.640 bits per heavy atom. The van der Waals surface area contributed by atoms with Gasteiger partial charge < -0.3 is 39.4 Å². The van der Waals surface area contributed by atoms with Crippen LogP contribution in [0.3, 0.4) is 0 Å². The molecule has 0 atom stereocenters. The highest BCUT2D eigenvalue weighted by Gasteiger charge is 2.21. The molecule has 0 aliphatic rings. The summed E-state index contributed by atoms with van der Waals surface area (Å²) < 4.78 is 10.9. The average molecular weight is 682 g/mol. The second-order valence-electron chi connectivity index (χ2n) is 12.1. The summed E-state index contributed by atoms with van der Waals surface area (Å²) in [4.78, 5) is 17.5. The van der Waals surface area contributed by atoms with Crippen LogP contribution in [0.4, 0.5) is 0 Å². The van der Waals surface area contributed by atoms with E-state index in [2.05, 4.69) is 65.4 Å². The largest absolute Gasteiger partial charge is 0.437 e. The van der Waals surface area contributed by atoms with Crippen molar-refractivity contribution in [3.63, 3.8) is 0 Å². The fourth-order valence-corrected chi connectivity index (χ4v) is 5.03. The van der Waals surface area contributed by atoms with E-state index in [1.165, 1.54) is 5.56 Å². The number of hydrogen-bond donors (Lipinski definition) is 4. The first kappa shape index (κ1) is 41.0. The molecule has 0 saturated carbocycles.